The second kappa shape index (κ2) is 75.5. The third kappa shape index (κ3) is 76.6. The van der Waals surface area contributed by atoms with Crippen LogP contribution in [0.2, 0.25) is 0 Å². The molecular formula is C84H164O17P2. The maximum Gasteiger partial charge on any atom is 0.472 e. The molecule has 0 rings (SSSR count). The van der Waals surface area contributed by atoms with Crippen LogP contribution >= 0.6 is 15.6 Å². The highest BCUT2D eigenvalue weighted by atomic mass is 31.2. The lowest BCUT2D eigenvalue weighted by molar-refractivity contribution is -0.161. The highest BCUT2D eigenvalue weighted by molar-refractivity contribution is 7.47. The van der Waals surface area contributed by atoms with Gasteiger partial charge in [0.15, 0.2) is 12.2 Å². The molecule has 0 amide bonds. The Morgan fingerprint density at radius 3 is 0.738 bits per heavy atom. The molecule has 0 aromatic carbocycles. The summed E-state index contributed by atoms with van der Waals surface area (Å²) in [5.74, 6) is -0.581. The average molecular weight is 1510 g/mol. The van der Waals surface area contributed by atoms with Crippen molar-refractivity contribution < 1.29 is 80.2 Å². The monoisotopic (exact) mass is 1510 g/mol. The Labute approximate surface area is 632 Å². The first-order valence-electron chi connectivity index (χ1n) is 43.5. The second-order valence-electron chi connectivity index (χ2n) is 30.9. The van der Waals surface area contributed by atoms with Crippen molar-refractivity contribution >= 4 is 39.5 Å². The van der Waals surface area contributed by atoms with E-state index in [1.54, 1.807) is 0 Å². The first kappa shape index (κ1) is 101. The first-order chi connectivity index (χ1) is 49.9. The number of phosphoric acid groups is 2. The minimum absolute atomic E-state index is 0.108. The normalized spacial score (nSPS) is 14.1. The van der Waals surface area contributed by atoms with E-state index in [1.807, 2.05) is 0 Å². The Hall–Kier alpha value is -1.94. The molecule has 0 saturated heterocycles. The summed E-state index contributed by atoms with van der Waals surface area (Å²) in [7, 11) is -9.92. The van der Waals surface area contributed by atoms with Gasteiger partial charge in [0.2, 0.25) is 0 Å². The summed E-state index contributed by atoms with van der Waals surface area (Å²) in [5, 5.41) is 10.7. The van der Waals surface area contributed by atoms with Crippen LogP contribution in [0.4, 0.5) is 0 Å². The Morgan fingerprint density at radius 1 is 0.282 bits per heavy atom. The zero-order chi connectivity index (χ0) is 75.6. The topological polar surface area (TPSA) is 237 Å². The Kier molecular flexibility index (Phi) is 74.1. The number of carbonyl (C=O) groups is 4. The summed E-state index contributed by atoms with van der Waals surface area (Å²) < 4.78 is 68.8. The van der Waals surface area contributed by atoms with E-state index in [4.69, 9.17) is 37.0 Å². The van der Waals surface area contributed by atoms with E-state index in [1.165, 1.54) is 257 Å². The summed E-state index contributed by atoms with van der Waals surface area (Å²) in [4.78, 5) is 73.1. The summed E-state index contributed by atoms with van der Waals surface area (Å²) >= 11 is 0. The van der Waals surface area contributed by atoms with E-state index in [-0.39, 0.29) is 25.7 Å². The molecule has 0 saturated carbocycles. The number of aliphatic hydroxyl groups is 1. The highest BCUT2D eigenvalue weighted by Crippen LogP contribution is 2.45. The van der Waals surface area contributed by atoms with Crippen LogP contribution in [0.3, 0.4) is 0 Å². The molecule has 0 spiro atoms. The van der Waals surface area contributed by atoms with Crippen molar-refractivity contribution in [2.45, 2.75) is 464 Å². The maximum absolute atomic E-state index is 13.1. The molecule has 6 atom stereocenters. The van der Waals surface area contributed by atoms with Gasteiger partial charge < -0.3 is 33.8 Å². The van der Waals surface area contributed by atoms with Crippen LogP contribution in [0.1, 0.15) is 446 Å². The smallest absolute Gasteiger partial charge is 0.462 e. The van der Waals surface area contributed by atoms with Gasteiger partial charge in [-0.2, -0.15) is 0 Å². The van der Waals surface area contributed by atoms with Crippen LogP contribution < -0.4 is 0 Å². The highest BCUT2D eigenvalue weighted by Gasteiger charge is 2.30. The number of carbonyl (C=O) groups excluding carboxylic acids is 4. The molecule has 0 heterocycles. The number of esters is 4. The molecule has 0 fully saturated rings. The molecule has 17 nitrogen and oxygen atoms in total. The van der Waals surface area contributed by atoms with Crippen molar-refractivity contribution in [1.82, 2.24) is 0 Å². The molecule has 3 unspecified atom stereocenters. The van der Waals surface area contributed by atoms with E-state index in [9.17, 15) is 43.2 Å². The number of hydrogen-bond acceptors (Lipinski definition) is 15. The predicted octanol–water partition coefficient (Wildman–Crippen LogP) is 25.5. The van der Waals surface area contributed by atoms with Gasteiger partial charge >= 0.3 is 39.5 Å². The van der Waals surface area contributed by atoms with Crippen molar-refractivity contribution in [3.05, 3.63) is 0 Å². The summed E-state index contributed by atoms with van der Waals surface area (Å²) in [5.41, 5.74) is 0. The van der Waals surface area contributed by atoms with Gasteiger partial charge in [0.1, 0.15) is 19.3 Å². The van der Waals surface area contributed by atoms with Crippen LogP contribution in [-0.2, 0) is 65.4 Å². The van der Waals surface area contributed by atoms with Crippen LogP contribution in [0, 0.1) is 11.8 Å². The largest absolute Gasteiger partial charge is 0.472 e. The minimum atomic E-state index is -4.96. The van der Waals surface area contributed by atoms with Gasteiger partial charge in [-0.1, -0.05) is 395 Å². The number of unbranched alkanes of at least 4 members (excludes halogenated alkanes) is 52. The zero-order valence-electron chi connectivity index (χ0n) is 67.6. The molecule has 19 heteroatoms. The molecule has 0 bridgehead atoms. The molecule has 0 aromatic heterocycles. The molecule has 612 valence electrons. The fraction of sp³-hybridized carbons (Fsp3) is 0.952. The summed E-state index contributed by atoms with van der Waals surface area (Å²) in [6.45, 7) is 9.63. The van der Waals surface area contributed by atoms with E-state index in [2.05, 4.69) is 41.5 Å². The Morgan fingerprint density at radius 2 is 0.495 bits per heavy atom. The fourth-order valence-corrected chi connectivity index (χ4v) is 14.6. The number of aliphatic hydroxyl groups excluding tert-OH is 1. The minimum Gasteiger partial charge on any atom is -0.462 e. The second-order valence-corrected chi connectivity index (χ2v) is 33.8. The molecule has 0 aliphatic heterocycles. The van der Waals surface area contributed by atoms with Gasteiger partial charge in [-0.3, -0.25) is 37.3 Å². The SMILES string of the molecule is CCCCCCCCCCCCCCCCCCCCC(=O)OC[C@H](COP(=O)(O)OC[C@@H](O)COP(=O)(O)OC[C@@H](COC(=O)CCCCCCCCC(C)C)OC(=O)CCCCCCCCCCCCCCCCCCCC)OC(=O)CCCCCCCCCCCCCCCCC(C)CC. The van der Waals surface area contributed by atoms with E-state index < -0.39 is 97.5 Å². The maximum atomic E-state index is 13.1. The molecule has 0 aliphatic carbocycles. The van der Waals surface area contributed by atoms with Gasteiger partial charge in [-0.15, -0.1) is 0 Å². The third-order valence-electron chi connectivity index (χ3n) is 20.1. The molecule has 0 radical (unpaired) electrons. The van der Waals surface area contributed by atoms with Crippen molar-refractivity contribution in [1.29, 1.82) is 0 Å². The average Bonchev–Trinajstić information content (AvgIpc) is 0.913. The molecular weight excluding hydrogens is 1340 g/mol. The third-order valence-corrected chi connectivity index (χ3v) is 22.0. The van der Waals surface area contributed by atoms with Crippen LogP contribution in [0.25, 0.3) is 0 Å². The first-order valence-corrected chi connectivity index (χ1v) is 46.5. The number of ether oxygens (including phenoxy) is 4. The van der Waals surface area contributed by atoms with Gasteiger partial charge in [0.05, 0.1) is 26.4 Å². The van der Waals surface area contributed by atoms with Crippen LogP contribution in [0.15, 0.2) is 0 Å². The van der Waals surface area contributed by atoms with Crippen molar-refractivity contribution in [2.75, 3.05) is 39.6 Å². The molecule has 103 heavy (non-hydrogen) atoms. The van der Waals surface area contributed by atoms with Gasteiger partial charge in [-0.25, -0.2) is 9.13 Å². The van der Waals surface area contributed by atoms with Crippen LogP contribution in [-0.4, -0.2) is 96.7 Å². The van der Waals surface area contributed by atoms with Gasteiger partial charge in [0, 0.05) is 25.7 Å². The molecule has 0 aliphatic rings. The van der Waals surface area contributed by atoms with Gasteiger partial charge in [-0.05, 0) is 37.5 Å². The summed E-state index contributed by atoms with van der Waals surface area (Å²) in [6.07, 6.45) is 66.7. The molecule has 3 N–H and O–H groups in total. The van der Waals surface area contributed by atoms with E-state index in [0.717, 1.165) is 102 Å². The quantitative estimate of drug-likeness (QED) is 0.0222. The van der Waals surface area contributed by atoms with Gasteiger partial charge in [0.25, 0.3) is 0 Å². The van der Waals surface area contributed by atoms with Crippen molar-refractivity contribution in [2.24, 2.45) is 11.8 Å². The lowest BCUT2D eigenvalue weighted by Crippen LogP contribution is -2.30. The number of hydrogen-bond donors (Lipinski definition) is 3. The number of phosphoric ester groups is 2. The predicted molar refractivity (Wildman–Crippen MR) is 423 cm³/mol. The lowest BCUT2D eigenvalue weighted by atomic mass is 9.99. The number of rotatable bonds is 83. The van der Waals surface area contributed by atoms with E-state index in [0.29, 0.717) is 31.6 Å². The summed E-state index contributed by atoms with van der Waals surface area (Å²) in [6, 6.07) is 0. The zero-order valence-corrected chi connectivity index (χ0v) is 69.4. The van der Waals surface area contributed by atoms with Crippen molar-refractivity contribution in [3.8, 4) is 0 Å². The fourth-order valence-electron chi connectivity index (χ4n) is 13.0. The van der Waals surface area contributed by atoms with E-state index >= 15 is 0 Å². The van der Waals surface area contributed by atoms with Crippen molar-refractivity contribution in [3.63, 3.8) is 0 Å². The van der Waals surface area contributed by atoms with Crippen LogP contribution in [0.5, 0.6) is 0 Å². The molecule has 0 aromatic rings. The Bertz CT molecular complexity index is 1980. The Balaban J connectivity index is 5.22. The lowest BCUT2D eigenvalue weighted by Gasteiger charge is -2.21. The standard InChI is InChI=1S/C84H164O17P2/c1-7-10-12-14-16-18-20-22-24-26-28-30-35-39-43-47-54-60-66-81(86)94-72-79(100-83(88)68-63-57-49-45-41-37-33-32-34-38-42-46-53-59-65-77(6)9-3)74-98-102(90,91)96-70-78(85)71-97-103(92,93)99-75-80(73-95-82(87)67-61-55-51-50-52-58-64-76(4)5)101-84(89)69-62-56-48-44-40-36-31-29-27-25-23-21-19-17-15-13-11-8-2/h76-80,85H,7-75H2,1-6H3,(H,90,91)(H,92,93)/t77?,78-,79-,80-/m1/s1.